The zero-order chi connectivity index (χ0) is 16.3. The van der Waals surface area contributed by atoms with Gasteiger partial charge in [-0.15, -0.1) is 0 Å². The molecule has 4 atom stereocenters. The van der Waals surface area contributed by atoms with E-state index in [-0.39, 0.29) is 17.9 Å². The van der Waals surface area contributed by atoms with Gasteiger partial charge in [-0.2, -0.15) is 0 Å². The van der Waals surface area contributed by atoms with E-state index in [1.807, 2.05) is 0 Å². The summed E-state index contributed by atoms with van der Waals surface area (Å²) in [6, 6.07) is -1.54. The first kappa shape index (κ1) is 16.7. The predicted molar refractivity (Wildman–Crippen MR) is 78.6 cm³/mol. The number of carbonyl (C=O) groups excluding carboxylic acids is 3. The summed E-state index contributed by atoms with van der Waals surface area (Å²) in [6.07, 6.45) is 1.67. The summed E-state index contributed by atoms with van der Waals surface area (Å²) in [5.74, 6) is -1.28. The van der Waals surface area contributed by atoms with Gasteiger partial charge in [0.1, 0.15) is 6.04 Å². The number of nitrogens with two attached hydrogens (primary N) is 1. The van der Waals surface area contributed by atoms with Crippen LogP contribution >= 0.6 is 0 Å². The van der Waals surface area contributed by atoms with Crippen molar-refractivity contribution >= 4 is 17.7 Å². The molecule has 0 spiro atoms. The molecule has 2 saturated heterocycles. The molecule has 0 aliphatic carbocycles. The summed E-state index contributed by atoms with van der Waals surface area (Å²) in [5.41, 5.74) is 5.01. The maximum Gasteiger partial charge on any atom is 0.248 e. The Kier molecular flexibility index (Phi) is 5.36. The largest absolute Gasteiger partial charge is 0.381 e. The molecule has 2 rings (SSSR count). The number of primary amides is 1. The number of nitrogens with zero attached hydrogens (tertiary/aromatic N) is 1. The number of aliphatic hydroxyl groups is 1. The molecule has 0 radical (unpaired) electrons. The van der Waals surface area contributed by atoms with Crippen molar-refractivity contribution < 1.29 is 19.5 Å². The summed E-state index contributed by atoms with van der Waals surface area (Å²) in [7, 11) is 0. The second kappa shape index (κ2) is 7.06. The normalized spacial score (nSPS) is 27.5. The van der Waals surface area contributed by atoms with Gasteiger partial charge in [-0.25, -0.2) is 0 Å². The van der Waals surface area contributed by atoms with E-state index in [1.165, 1.54) is 6.92 Å². The minimum atomic E-state index is -1.44. The molecule has 2 aliphatic rings. The van der Waals surface area contributed by atoms with Crippen LogP contribution in [0.4, 0.5) is 0 Å². The molecule has 0 bridgehead atoms. The molecule has 0 aromatic rings. The monoisotopic (exact) mass is 312 g/mol. The van der Waals surface area contributed by atoms with E-state index in [0.717, 1.165) is 25.8 Å². The highest BCUT2D eigenvalue weighted by atomic mass is 16.3. The van der Waals surface area contributed by atoms with Crippen molar-refractivity contribution in [3.63, 3.8) is 0 Å². The lowest BCUT2D eigenvalue weighted by Crippen LogP contribution is -2.55. The molecule has 3 amide bonds. The van der Waals surface area contributed by atoms with Gasteiger partial charge in [0, 0.05) is 6.54 Å². The zero-order valence-corrected chi connectivity index (χ0v) is 12.7. The number of hydrogen-bond donors (Lipinski definition) is 4. The molecule has 1 unspecified atom stereocenters. The van der Waals surface area contributed by atoms with E-state index in [0.29, 0.717) is 13.0 Å². The highest BCUT2D eigenvalue weighted by Gasteiger charge is 2.38. The van der Waals surface area contributed by atoms with Gasteiger partial charge in [0.15, 0.2) is 6.10 Å². The first-order valence-corrected chi connectivity index (χ1v) is 7.73. The van der Waals surface area contributed by atoms with Crippen LogP contribution in [-0.4, -0.2) is 65.0 Å². The number of likely N-dealkylation sites (tertiary alicyclic amines) is 1. The lowest BCUT2D eigenvalue weighted by Gasteiger charge is -2.28. The molecule has 8 heteroatoms. The molecule has 0 aromatic carbocycles. The van der Waals surface area contributed by atoms with Gasteiger partial charge in [-0.05, 0) is 39.2 Å². The van der Waals surface area contributed by atoms with Crippen molar-refractivity contribution in [3.05, 3.63) is 0 Å². The van der Waals surface area contributed by atoms with E-state index < -0.39 is 24.1 Å². The second-order valence-electron chi connectivity index (χ2n) is 5.98. The van der Waals surface area contributed by atoms with E-state index in [2.05, 4.69) is 10.6 Å². The van der Waals surface area contributed by atoms with Gasteiger partial charge in [-0.1, -0.05) is 0 Å². The van der Waals surface area contributed by atoms with Gasteiger partial charge in [0.25, 0.3) is 0 Å². The summed E-state index contributed by atoms with van der Waals surface area (Å²) in [5, 5.41) is 15.3. The van der Waals surface area contributed by atoms with Crippen LogP contribution in [0.15, 0.2) is 0 Å². The Balaban J connectivity index is 1.96. The van der Waals surface area contributed by atoms with Gasteiger partial charge >= 0.3 is 0 Å². The van der Waals surface area contributed by atoms with Gasteiger partial charge in [0.05, 0.1) is 12.1 Å². The second-order valence-corrected chi connectivity index (χ2v) is 5.98. The highest BCUT2D eigenvalue weighted by molar-refractivity contribution is 5.91. The standard InChI is InChI=1S/C14H24N4O4/c1-8(11(19)12(15)20)17-13(21)10-5-3-7-18(10)14(22)9-4-2-6-16-9/h8-11,16,19H,2-7H2,1H3,(H2,15,20)(H,17,21)/t8-,9+,10?,11+/m0/s1. The van der Waals surface area contributed by atoms with Crippen molar-refractivity contribution in [3.8, 4) is 0 Å². The molecule has 2 heterocycles. The van der Waals surface area contributed by atoms with Crippen LogP contribution in [0.5, 0.6) is 0 Å². The summed E-state index contributed by atoms with van der Waals surface area (Å²) >= 11 is 0. The number of aliphatic hydroxyl groups excluding tert-OH is 1. The fourth-order valence-electron chi connectivity index (χ4n) is 3.04. The maximum atomic E-state index is 12.5. The Labute approximate surface area is 129 Å². The van der Waals surface area contributed by atoms with Crippen molar-refractivity contribution in [2.24, 2.45) is 5.73 Å². The van der Waals surface area contributed by atoms with Crippen LogP contribution in [0.3, 0.4) is 0 Å². The topological polar surface area (TPSA) is 125 Å². The summed E-state index contributed by atoms with van der Waals surface area (Å²) < 4.78 is 0. The average molecular weight is 312 g/mol. The molecular formula is C14H24N4O4. The summed E-state index contributed by atoms with van der Waals surface area (Å²) in [4.78, 5) is 37.3. The average Bonchev–Trinajstić information content (AvgIpc) is 3.16. The SMILES string of the molecule is C[C@H](NC(=O)C1CCCN1C(=O)[C@H]1CCCN1)[C@@H](O)C(N)=O. The van der Waals surface area contributed by atoms with Crippen LogP contribution in [0.1, 0.15) is 32.6 Å². The third-order valence-corrected chi connectivity index (χ3v) is 4.33. The molecule has 2 aliphatic heterocycles. The van der Waals surface area contributed by atoms with E-state index in [9.17, 15) is 19.5 Å². The van der Waals surface area contributed by atoms with Gasteiger partial charge in [-0.3, -0.25) is 14.4 Å². The molecular weight excluding hydrogens is 288 g/mol. The van der Waals surface area contributed by atoms with Crippen molar-refractivity contribution in [1.29, 1.82) is 0 Å². The highest BCUT2D eigenvalue weighted by Crippen LogP contribution is 2.21. The smallest absolute Gasteiger partial charge is 0.248 e. The van der Waals surface area contributed by atoms with Crippen molar-refractivity contribution in [2.75, 3.05) is 13.1 Å². The maximum absolute atomic E-state index is 12.5. The first-order chi connectivity index (χ1) is 10.4. The fraction of sp³-hybridized carbons (Fsp3) is 0.786. The van der Waals surface area contributed by atoms with Gasteiger partial charge in [0.2, 0.25) is 17.7 Å². The third kappa shape index (κ3) is 3.56. The third-order valence-electron chi connectivity index (χ3n) is 4.33. The Morgan fingerprint density at radius 3 is 2.64 bits per heavy atom. The van der Waals surface area contributed by atoms with Crippen LogP contribution in [0.2, 0.25) is 0 Å². The Morgan fingerprint density at radius 2 is 2.05 bits per heavy atom. The minimum Gasteiger partial charge on any atom is -0.381 e. The van der Waals surface area contributed by atoms with Crippen LogP contribution in [-0.2, 0) is 14.4 Å². The minimum absolute atomic E-state index is 0.0433. The summed E-state index contributed by atoms with van der Waals surface area (Å²) in [6.45, 7) is 2.89. The lowest BCUT2D eigenvalue weighted by atomic mass is 10.1. The molecule has 8 nitrogen and oxygen atoms in total. The molecule has 0 aromatic heterocycles. The number of rotatable bonds is 5. The van der Waals surface area contributed by atoms with Crippen LogP contribution in [0.25, 0.3) is 0 Å². The van der Waals surface area contributed by atoms with Gasteiger partial charge < -0.3 is 26.4 Å². The fourth-order valence-corrected chi connectivity index (χ4v) is 3.04. The lowest BCUT2D eigenvalue weighted by molar-refractivity contribution is -0.140. The zero-order valence-electron chi connectivity index (χ0n) is 12.7. The Bertz CT molecular complexity index is 450. The molecule has 22 heavy (non-hydrogen) atoms. The molecule has 124 valence electrons. The van der Waals surface area contributed by atoms with Crippen molar-refractivity contribution in [2.45, 2.75) is 56.8 Å². The number of carbonyl (C=O) groups is 3. The van der Waals surface area contributed by atoms with E-state index in [1.54, 1.807) is 4.90 Å². The molecule has 0 saturated carbocycles. The molecule has 5 N–H and O–H groups in total. The predicted octanol–water partition coefficient (Wildman–Crippen LogP) is -1.92. The number of amides is 3. The van der Waals surface area contributed by atoms with Crippen LogP contribution < -0.4 is 16.4 Å². The number of hydrogen-bond acceptors (Lipinski definition) is 5. The van der Waals surface area contributed by atoms with Crippen molar-refractivity contribution in [1.82, 2.24) is 15.5 Å². The Morgan fingerprint density at radius 1 is 1.32 bits per heavy atom. The van der Waals surface area contributed by atoms with E-state index in [4.69, 9.17) is 5.73 Å². The van der Waals surface area contributed by atoms with Crippen LogP contribution in [0, 0.1) is 0 Å². The number of nitrogens with one attached hydrogen (secondary N) is 2. The molecule has 2 fully saturated rings. The first-order valence-electron chi connectivity index (χ1n) is 7.73. The quantitative estimate of drug-likeness (QED) is 0.471. The Hall–Kier alpha value is -1.67. The van der Waals surface area contributed by atoms with E-state index >= 15 is 0 Å².